The molecule has 0 unspecified atom stereocenters. The fourth-order valence-corrected chi connectivity index (χ4v) is 1.61. The van der Waals surface area contributed by atoms with Crippen molar-refractivity contribution in [1.29, 1.82) is 0 Å². The van der Waals surface area contributed by atoms with Gasteiger partial charge in [-0.2, -0.15) is 5.10 Å². The number of nitrogens with zero attached hydrogens (tertiary/aromatic N) is 2. The van der Waals surface area contributed by atoms with E-state index < -0.39 is 9.84 Å². The maximum atomic E-state index is 10.9. The van der Waals surface area contributed by atoms with Crippen molar-refractivity contribution in [3.8, 4) is 0 Å². The average molecular weight is 231 g/mol. The number of aromatic amines is 1. The first-order chi connectivity index (χ1) is 6.88. The third-order valence-electron chi connectivity index (χ3n) is 1.89. The Labute approximate surface area is 87.8 Å². The quantitative estimate of drug-likeness (QED) is 0.737. The molecule has 1 heterocycles. The minimum absolute atomic E-state index is 0.0519. The Bertz CT molecular complexity index is 480. The predicted octanol–water partition coefficient (Wildman–Crippen LogP) is -0.749. The van der Waals surface area contributed by atoms with Crippen molar-refractivity contribution < 1.29 is 8.42 Å². The van der Waals surface area contributed by atoms with Gasteiger partial charge in [0, 0.05) is 25.9 Å². The molecule has 84 valence electrons. The molecule has 0 aliphatic carbocycles. The van der Waals surface area contributed by atoms with Gasteiger partial charge >= 0.3 is 0 Å². The van der Waals surface area contributed by atoms with Crippen LogP contribution in [0.1, 0.15) is 0 Å². The number of hydrogen-bond donors (Lipinski definition) is 1. The molecule has 1 rings (SSSR count). The molecule has 0 saturated carbocycles. The number of aromatic nitrogens is 2. The van der Waals surface area contributed by atoms with Gasteiger partial charge in [0.05, 0.1) is 17.6 Å². The maximum Gasteiger partial charge on any atom is 0.266 e. The molecule has 1 aromatic heterocycles. The lowest BCUT2D eigenvalue weighted by molar-refractivity contribution is 0.601. The normalized spacial score (nSPS) is 11.3. The van der Waals surface area contributed by atoms with Crippen molar-refractivity contribution in [2.24, 2.45) is 0 Å². The summed E-state index contributed by atoms with van der Waals surface area (Å²) in [5.41, 5.74) is 0.293. The van der Waals surface area contributed by atoms with Crippen LogP contribution < -0.4 is 10.5 Å². The number of nitrogens with one attached hydrogen (secondary N) is 1. The fraction of sp³-hybridized carbons (Fsp3) is 0.500. The van der Waals surface area contributed by atoms with E-state index in [1.54, 1.807) is 11.9 Å². The summed E-state index contributed by atoms with van der Waals surface area (Å²) in [6.07, 6.45) is 2.65. The Balaban J connectivity index is 2.70. The van der Waals surface area contributed by atoms with Gasteiger partial charge in [-0.25, -0.2) is 13.5 Å². The highest BCUT2D eigenvalue weighted by Crippen LogP contribution is 2.05. The van der Waals surface area contributed by atoms with Crippen molar-refractivity contribution in [2.75, 3.05) is 30.5 Å². The summed E-state index contributed by atoms with van der Waals surface area (Å²) in [4.78, 5) is 12.6. The van der Waals surface area contributed by atoms with Crippen molar-refractivity contribution in [2.45, 2.75) is 0 Å². The largest absolute Gasteiger partial charge is 0.372 e. The van der Waals surface area contributed by atoms with Crippen LogP contribution in [-0.2, 0) is 9.84 Å². The minimum atomic E-state index is -2.99. The molecule has 1 aromatic rings. The molecule has 0 aliphatic heterocycles. The third kappa shape index (κ3) is 4.11. The molecule has 0 aromatic carbocycles. The van der Waals surface area contributed by atoms with Gasteiger partial charge in [-0.05, 0) is 0 Å². The van der Waals surface area contributed by atoms with Crippen LogP contribution in [0.25, 0.3) is 0 Å². The molecular weight excluding hydrogens is 218 g/mol. The van der Waals surface area contributed by atoms with Crippen molar-refractivity contribution in [3.63, 3.8) is 0 Å². The zero-order chi connectivity index (χ0) is 11.5. The first-order valence-corrected chi connectivity index (χ1v) is 6.38. The molecule has 6 nitrogen and oxygen atoms in total. The van der Waals surface area contributed by atoms with Gasteiger partial charge in [-0.15, -0.1) is 0 Å². The van der Waals surface area contributed by atoms with E-state index in [2.05, 4.69) is 10.2 Å². The summed E-state index contributed by atoms with van der Waals surface area (Å²) in [7, 11) is -1.28. The molecule has 0 radical (unpaired) electrons. The van der Waals surface area contributed by atoms with E-state index in [1.807, 2.05) is 0 Å². The number of H-pyrrole nitrogens is 1. The van der Waals surface area contributed by atoms with Crippen molar-refractivity contribution in [1.82, 2.24) is 10.2 Å². The molecule has 0 atom stereocenters. The second kappa shape index (κ2) is 4.43. The van der Waals surface area contributed by atoms with Crippen LogP contribution in [-0.4, -0.2) is 44.2 Å². The Morgan fingerprint density at radius 1 is 1.53 bits per heavy atom. The van der Waals surface area contributed by atoms with E-state index in [4.69, 9.17) is 0 Å². The third-order valence-corrected chi connectivity index (χ3v) is 2.81. The van der Waals surface area contributed by atoms with Crippen LogP contribution >= 0.6 is 0 Å². The van der Waals surface area contributed by atoms with E-state index in [0.29, 0.717) is 12.2 Å². The minimum Gasteiger partial charge on any atom is -0.372 e. The van der Waals surface area contributed by atoms with Gasteiger partial charge in [-0.3, -0.25) is 4.79 Å². The van der Waals surface area contributed by atoms with Crippen molar-refractivity contribution in [3.05, 3.63) is 22.6 Å². The van der Waals surface area contributed by atoms with Gasteiger partial charge in [-0.1, -0.05) is 0 Å². The Morgan fingerprint density at radius 3 is 2.73 bits per heavy atom. The van der Waals surface area contributed by atoms with Crippen LogP contribution in [0.3, 0.4) is 0 Å². The summed E-state index contributed by atoms with van der Waals surface area (Å²) in [5.74, 6) is 0.0519. The number of anilines is 1. The van der Waals surface area contributed by atoms with E-state index in [0.717, 1.165) is 0 Å². The standard InChI is InChI=1S/C8H13N3O3S/c1-11(3-4-15(2,13)14)7-5-8(12)10-9-6-7/h5-6H,3-4H2,1-2H3,(H,10,12). The lowest BCUT2D eigenvalue weighted by atomic mass is 10.4. The topological polar surface area (TPSA) is 83.1 Å². The highest BCUT2D eigenvalue weighted by atomic mass is 32.2. The highest BCUT2D eigenvalue weighted by Gasteiger charge is 2.06. The molecule has 1 N–H and O–H groups in total. The summed E-state index contributed by atoms with van der Waals surface area (Å²) < 4.78 is 21.8. The zero-order valence-corrected chi connectivity index (χ0v) is 9.41. The van der Waals surface area contributed by atoms with Crippen LogP contribution in [0.4, 0.5) is 5.69 Å². The van der Waals surface area contributed by atoms with Crippen LogP contribution in [0.15, 0.2) is 17.1 Å². The van der Waals surface area contributed by atoms with Gasteiger partial charge in [0.1, 0.15) is 9.84 Å². The first-order valence-electron chi connectivity index (χ1n) is 4.32. The van der Waals surface area contributed by atoms with Crippen LogP contribution in [0.2, 0.25) is 0 Å². The fourth-order valence-electron chi connectivity index (χ4n) is 1.01. The highest BCUT2D eigenvalue weighted by molar-refractivity contribution is 7.90. The molecular formula is C8H13N3O3S. The van der Waals surface area contributed by atoms with Gasteiger partial charge in [0.15, 0.2) is 0 Å². The summed E-state index contributed by atoms with van der Waals surface area (Å²) in [5, 5.41) is 5.87. The van der Waals surface area contributed by atoms with E-state index in [1.165, 1.54) is 18.5 Å². The van der Waals surface area contributed by atoms with Crippen LogP contribution in [0.5, 0.6) is 0 Å². The molecule has 0 bridgehead atoms. The van der Waals surface area contributed by atoms with Gasteiger partial charge < -0.3 is 4.90 Å². The molecule has 7 heteroatoms. The molecule has 15 heavy (non-hydrogen) atoms. The molecule has 0 aliphatic rings. The Kier molecular flexibility index (Phi) is 3.46. The van der Waals surface area contributed by atoms with E-state index in [-0.39, 0.29) is 11.3 Å². The van der Waals surface area contributed by atoms with E-state index in [9.17, 15) is 13.2 Å². The lowest BCUT2D eigenvalue weighted by Crippen LogP contribution is -2.26. The molecule has 0 amide bonds. The monoisotopic (exact) mass is 231 g/mol. The molecule has 0 spiro atoms. The zero-order valence-electron chi connectivity index (χ0n) is 8.60. The van der Waals surface area contributed by atoms with Gasteiger partial charge in [0.25, 0.3) is 5.56 Å². The molecule has 0 saturated heterocycles. The van der Waals surface area contributed by atoms with Crippen molar-refractivity contribution >= 4 is 15.5 Å². The maximum absolute atomic E-state index is 10.9. The summed E-state index contributed by atoms with van der Waals surface area (Å²) in [6.45, 7) is 0.337. The predicted molar refractivity (Wildman–Crippen MR) is 57.8 cm³/mol. The number of hydrogen-bond acceptors (Lipinski definition) is 5. The average Bonchev–Trinajstić information content (AvgIpc) is 2.13. The lowest BCUT2D eigenvalue weighted by Gasteiger charge is -2.17. The molecule has 0 fully saturated rings. The van der Waals surface area contributed by atoms with Crippen LogP contribution in [0, 0.1) is 0 Å². The second-order valence-electron chi connectivity index (χ2n) is 3.35. The summed E-state index contributed by atoms with van der Waals surface area (Å²) in [6, 6.07) is 1.37. The Morgan fingerprint density at radius 2 is 2.20 bits per heavy atom. The SMILES string of the molecule is CN(CCS(C)(=O)=O)c1cn[nH]c(=O)c1. The van der Waals surface area contributed by atoms with E-state index >= 15 is 0 Å². The number of sulfone groups is 1. The second-order valence-corrected chi connectivity index (χ2v) is 5.61. The van der Waals surface area contributed by atoms with Gasteiger partial charge in [0.2, 0.25) is 0 Å². The smallest absolute Gasteiger partial charge is 0.266 e. The number of rotatable bonds is 4. The summed E-state index contributed by atoms with van der Waals surface area (Å²) >= 11 is 0. The Hall–Kier alpha value is -1.37. The first kappa shape index (κ1) is 11.7.